The second-order valence-corrected chi connectivity index (χ2v) is 9.30. The van der Waals surface area contributed by atoms with Crippen molar-refractivity contribution in [3.63, 3.8) is 0 Å². The van der Waals surface area contributed by atoms with Gasteiger partial charge in [-0.05, 0) is 55.9 Å². The van der Waals surface area contributed by atoms with Crippen LogP contribution in [0, 0.1) is 0 Å². The second-order valence-electron chi connectivity index (χ2n) is 8.87. The van der Waals surface area contributed by atoms with Crippen molar-refractivity contribution < 1.29 is 4.79 Å². The first-order valence-corrected chi connectivity index (χ1v) is 10.9. The monoisotopic (exact) mass is 416 g/mol. The number of fused-ring (bicyclic) bond motifs is 1. The summed E-state index contributed by atoms with van der Waals surface area (Å²) in [6, 6.07) is 6.27. The van der Waals surface area contributed by atoms with E-state index in [1.54, 1.807) is 0 Å². The van der Waals surface area contributed by atoms with Gasteiger partial charge < -0.3 is 15.2 Å². The van der Waals surface area contributed by atoms with Crippen LogP contribution in [0.4, 0.5) is 0 Å². The van der Waals surface area contributed by atoms with Crippen LogP contribution >= 0.6 is 11.6 Å². The molecule has 0 radical (unpaired) electrons. The van der Waals surface area contributed by atoms with Gasteiger partial charge in [0.2, 0.25) is 5.91 Å². The van der Waals surface area contributed by atoms with Crippen LogP contribution in [0.15, 0.2) is 18.2 Å². The summed E-state index contributed by atoms with van der Waals surface area (Å²) in [6.45, 7) is 14.3. The summed E-state index contributed by atoms with van der Waals surface area (Å²) in [5.74, 6) is 1.60. The number of carbonyl (C=O) groups excluding carboxylic acids is 1. The summed E-state index contributed by atoms with van der Waals surface area (Å²) < 4.78 is 2.30. The first-order chi connectivity index (χ1) is 13.6. The molecule has 6 heteroatoms. The Balaban J connectivity index is 2.20. The van der Waals surface area contributed by atoms with E-state index in [4.69, 9.17) is 22.3 Å². The molecule has 0 saturated carbocycles. The van der Waals surface area contributed by atoms with Crippen LogP contribution in [-0.4, -0.2) is 33.4 Å². The van der Waals surface area contributed by atoms with Gasteiger partial charge in [-0.15, -0.1) is 0 Å². The molecule has 29 heavy (non-hydrogen) atoms. The number of aromatic nitrogens is 2. The standard InChI is InChI=1S/C23H33ClN4O/c1-7-15(4)16-10-17(12-18(24)11-16)20-21(14(2)3)27-8-9-28(19(29)13-25)23(5,6)22(27)26-20/h10-12,14-15H,7-9,13,25H2,1-6H3. The van der Waals surface area contributed by atoms with Crippen molar-refractivity contribution in [3.05, 3.63) is 40.3 Å². The summed E-state index contributed by atoms with van der Waals surface area (Å²) in [5.41, 5.74) is 9.59. The molecule has 1 aromatic heterocycles. The molecule has 0 aliphatic carbocycles. The average Bonchev–Trinajstić information content (AvgIpc) is 3.07. The second kappa shape index (κ2) is 8.11. The number of amides is 1. The Morgan fingerprint density at radius 1 is 1.24 bits per heavy atom. The molecule has 1 aliphatic heterocycles. The third kappa shape index (κ3) is 3.82. The normalized spacial score (nSPS) is 16.8. The predicted molar refractivity (Wildman–Crippen MR) is 119 cm³/mol. The molecule has 1 amide bonds. The van der Waals surface area contributed by atoms with Crippen molar-refractivity contribution in [2.75, 3.05) is 13.1 Å². The predicted octanol–water partition coefficient (Wildman–Crippen LogP) is 4.88. The molecule has 0 bridgehead atoms. The van der Waals surface area contributed by atoms with E-state index in [0.717, 1.165) is 35.1 Å². The average molecular weight is 417 g/mol. The molecule has 0 fully saturated rings. The first-order valence-electron chi connectivity index (χ1n) is 10.5. The van der Waals surface area contributed by atoms with E-state index in [1.165, 1.54) is 11.3 Å². The summed E-state index contributed by atoms with van der Waals surface area (Å²) in [5, 5.41) is 0.734. The summed E-state index contributed by atoms with van der Waals surface area (Å²) >= 11 is 6.50. The van der Waals surface area contributed by atoms with Crippen molar-refractivity contribution in [1.82, 2.24) is 14.5 Å². The van der Waals surface area contributed by atoms with Crippen molar-refractivity contribution in [2.24, 2.45) is 5.73 Å². The highest BCUT2D eigenvalue weighted by molar-refractivity contribution is 6.31. The number of hydrogen-bond acceptors (Lipinski definition) is 3. The molecule has 2 aromatic rings. The van der Waals surface area contributed by atoms with Gasteiger partial charge in [0.1, 0.15) is 5.82 Å². The number of nitrogens with zero attached hydrogens (tertiary/aromatic N) is 3. The Bertz CT molecular complexity index is 916. The molecule has 1 unspecified atom stereocenters. The third-order valence-electron chi connectivity index (χ3n) is 6.17. The van der Waals surface area contributed by atoms with E-state index in [1.807, 2.05) is 11.0 Å². The number of halogens is 1. The van der Waals surface area contributed by atoms with Crippen LogP contribution in [0.2, 0.25) is 5.02 Å². The number of carbonyl (C=O) groups is 1. The van der Waals surface area contributed by atoms with Gasteiger partial charge in [-0.25, -0.2) is 4.98 Å². The van der Waals surface area contributed by atoms with Crippen LogP contribution in [-0.2, 0) is 16.9 Å². The topological polar surface area (TPSA) is 64.2 Å². The zero-order chi connectivity index (χ0) is 21.5. The fourth-order valence-corrected chi connectivity index (χ4v) is 4.62. The highest BCUT2D eigenvalue weighted by atomic mass is 35.5. The van der Waals surface area contributed by atoms with Gasteiger partial charge in [0, 0.05) is 29.4 Å². The lowest BCUT2D eigenvalue weighted by atomic mass is 9.94. The van der Waals surface area contributed by atoms with Gasteiger partial charge in [-0.3, -0.25) is 4.79 Å². The molecular weight excluding hydrogens is 384 g/mol. The van der Waals surface area contributed by atoms with E-state index < -0.39 is 5.54 Å². The maximum Gasteiger partial charge on any atom is 0.237 e. The molecule has 0 saturated heterocycles. The Morgan fingerprint density at radius 2 is 1.93 bits per heavy atom. The molecule has 1 atom stereocenters. The van der Waals surface area contributed by atoms with Crippen LogP contribution in [0.5, 0.6) is 0 Å². The SMILES string of the molecule is CCC(C)c1cc(Cl)cc(-c2nc3n(c2C(C)C)CCN(C(=O)CN)C3(C)C)c1. The highest BCUT2D eigenvalue weighted by Crippen LogP contribution is 2.39. The molecule has 5 nitrogen and oxygen atoms in total. The maximum absolute atomic E-state index is 12.4. The lowest BCUT2D eigenvalue weighted by Gasteiger charge is -2.42. The molecule has 0 spiro atoms. The number of benzene rings is 1. The van der Waals surface area contributed by atoms with Crippen LogP contribution in [0.3, 0.4) is 0 Å². The largest absolute Gasteiger partial charge is 0.327 e. The lowest BCUT2D eigenvalue weighted by Crippen LogP contribution is -2.53. The van der Waals surface area contributed by atoms with Crippen molar-refractivity contribution in [1.29, 1.82) is 0 Å². The fraction of sp³-hybridized carbons (Fsp3) is 0.565. The lowest BCUT2D eigenvalue weighted by molar-refractivity contribution is -0.137. The highest BCUT2D eigenvalue weighted by Gasteiger charge is 2.41. The van der Waals surface area contributed by atoms with Gasteiger partial charge in [0.25, 0.3) is 0 Å². The minimum atomic E-state index is -0.519. The molecule has 2 N–H and O–H groups in total. The zero-order valence-corrected chi connectivity index (χ0v) is 19.2. The minimum absolute atomic E-state index is 0.0145. The molecule has 2 heterocycles. The fourth-order valence-electron chi connectivity index (χ4n) is 4.37. The van der Waals surface area contributed by atoms with Gasteiger partial charge in [-0.1, -0.05) is 39.3 Å². The van der Waals surface area contributed by atoms with Crippen LogP contribution < -0.4 is 5.73 Å². The number of nitrogens with two attached hydrogens (primary N) is 1. The van der Waals surface area contributed by atoms with E-state index >= 15 is 0 Å². The van der Waals surface area contributed by atoms with E-state index in [2.05, 4.69) is 58.2 Å². The first kappa shape index (κ1) is 21.8. The zero-order valence-electron chi connectivity index (χ0n) is 18.4. The van der Waals surface area contributed by atoms with E-state index in [9.17, 15) is 4.79 Å². The Hall–Kier alpha value is -1.85. The van der Waals surface area contributed by atoms with Gasteiger partial charge >= 0.3 is 0 Å². The maximum atomic E-state index is 12.4. The van der Waals surface area contributed by atoms with E-state index in [-0.39, 0.29) is 12.5 Å². The molecule has 158 valence electrons. The Kier molecular flexibility index (Phi) is 6.11. The number of imidazole rings is 1. The number of hydrogen-bond donors (Lipinski definition) is 1. The number of rotatable bonds is 5. The molecule has 3 rings (SSSR count). The molecule has 1 aliphatic rings. The Labute approximate surface area is 179 Å². The molecular formula is C23H33ClN4O. The molecule has 1 aromatic carbocycles. The quantitative estimate of drug-likeness (QED) is 0.755. The van der Waals surface area contributed by atoms with Crippen molar-refractivity contribution in [2.45, 2.75) is 71.9 Å². The Morgan fingerprint density at radius 3 is 2.52 bits per heavy atom. The third-order valence-corrected chi connectivity index (χ3v) is 6.39. The van der Waals surface area contributed by atoms with Crippen molar-refractivity contribution >= 4 is 17.5 Å². The van der Waals surface area contributed by atoms with Gasteiger partial charge in [0.15, 0.2) is 0 Å². The van der Waals surface area contributed by atoms with Gasteiger partial charge in [-0.2, -0.15) is 0 Å². The summed E-state index contributed by atoms with van der Waals surface area (Å²) in [7, 11) is 0. The summed E-state index contributed by atoms with van der Waals surface area (Å²) in [4.78, 5) is 19.4. The minimum Gasteiger partial charge on any atom is -0.327 e. The summed E-state index contributed by atoms with van der Waals surface area (Å²) in [6.07, 6.45) is 1.06. The van der Waals surface area contributed by atoms with E-state index in [0.29, 0.717) is 18.4 Å². The van der Waals surface area contributed by atoms with Crippen LogP contribution in [0.25, 0.3) is 11.3 Å². The van der Waals surface area contributed by atoms with Crippen molar-refractivity contribution in [3.8, 4) is 11.3 Å². The smallest absolute Gasteiger partial charge is 0.237 e. The van der Waals surface area contributed by atoms with Crippen LogP contribution in [0.1, 0.15) is 76.9 Å². The van der Waals surface area contributed by atoms with Gasteiger partial charge in [0.05, 0.1) is 17.8 Å².